The fourth-order valence-electron chi connectivity index (χ4n) is 10.3. The number of aryl methyl sites for hydroxylation is 2. The van der Waals surface area contributed by atoms with E-state index in [0.29, 0.717) is 5.92 Å². The number of rotatable bonds is 8. The smallest absolute Gasteiger partial charge is 0.142 e. The second-order valence-corrected chi connectivity index (χ2v) is 17.9. The van der Waals surface area contributed by atoms with Gasteiger partial charge in [0.2, 0.25) is 0 Å². The SMILES string of the molecule is CC.CC.Cc1ccc(-c2cccc(N(C3=CC=C(c4cccc5c4Cc4ccccc4-5)CC3)c3ccc(-c4cccc5c6c(oc45)C=CCC6)cc3)c2)c(S)c1-c1ccccc1C(C)C. The summed E-state index contributed by atoms with van der Waals surface area (Å²) in [5, 5.41) is 1.22. The quantitative estimate of drug-likeness (QED) is 0.153. The summed E-state index contributed by atoms with van der Waals surface area (Å²) in [7, 11) is 0. The Kier molecular flexibility index (Phi) is 13.2. The molecule has 330 valence electrons. The molecule has 0 amide bonds. The van der Waals surface area contributed by atoms with Crippen LogP contribution in [0.1, 0.15) is 106 Å². The van der Waals surface area contributed by atoms with Crippen LogP contribution in [0.15, 0.2) is 179 Å². The van der Waals surface area contributed by atoms with Crippen LogP contribution in [0.4, 0.5) is 11.4 Å². The van der Waals surface area contributed by atoms with Crippen LogP contribution in [0.25, 0.3) is 67.1 Å². The van der Waals surface area contributed by atoms with Crippen LogP contribution >= 0.6 is 12.6 Å². The summed E-state index contributed by atoms with van der Waals surface area (Å²) in [5.41, 5.74) is 23.8. The van der Waals surface area contributed by atoms with E-state index in [1.165, 1.54) is 72.3 Å². The Bertz CT molecular complexity index is 3160. The number of anilines is 2. The number of nitrogens with zero attached hydrogens (tertiary/aromatic N) is 1. The fraction of sp³-hybridized carbons (Fsp3) is 0.206. The lowest BCUT2D eigenvalue weighted by Crippen LogP contribution is -2.18. The minimum absolute atomic E-state index is 0.400. The third kappa shape index (κ3) is 8.20. The molecule has 11 rings (SSSR count). The minimum atomic E-state index is 0.400. The van der Waals surface area contributed by atoms with E-state index in [1.807, 2.05) is 27.7 Å². The number of para-hydroxylation sites is 1. The maximum atomic E-state index is 6.52. The summed E-state index contributed by atoms with van der Waals surface area (Å²) in [6.45, 7) is 14.7. The molecule has 1 heterocycles. The lowest BCUT2D eigenvalue weighted by molar-refractivity contribution is 0.596. The fourth-order valence-corrected chi connectivity index (χ4v) is 10.8. The predicted molar refractivity (Wildman–Crippen MR) is 287 cm³/mol. The summed E-state index contributed by atoms with van der Waals surface area (Å²) >= 11 is 5.32. The second-order valence-electron chi connectivity index (χ2n) is 17.4. The van der Waals surface area contributed by atoms with Crippen LogP contribution < -0.4 is 4.90 Å². The van der Waals surface area contributed by atoms with Gasteiger partial charge in [-0.3, -0.25) is 0 Å². The number of furan rings is 1. The molecule has 7 aromatic carbocycles. The van der Waals surface area contributed by atoms with Crippen molar-refractivity contribution in [1.29, 1.82) is 0 Å². The molecule has 0 saturated carbocycles. The molecule has 0 N–H and O–H groups in total. The summed E-state index contributed by atoms with van der Waals surface area (Å²) in [6, 6.07) is 53.7. The number of hydrogen-bond donors (Lipinski definition) is 1. The molecule has 0 radical (unpaired) electrons. The Morgan fingerprint density at radius 1 is 0.576 bits per heavy atom. The zero-order chi connectivity index (χ0) is 45.9. The monoisotopic (exact) mass is 879 g/mol. The van der Waals surface area contributed by atoms with E-state index in [-0.39, 0.29) is 0 Å². The first-order chi connectivity index (χ1) is 32.4. The first-order valence-corrected chi connectivity index (χ1v) is 24.6. The maximum Gasteiger partial charge on any atom is 0.142 e. The van der Waals surface area contributed by atoms with Crippen LogP contribution in [-0.2, 0) is 12.8 Å². The lowest BCUT2D eigenvalue weighted by atomic mass is 9.88. The van der Waals surface area contributed by atoms with E-state index in [2.05, 4.69) is 196 Å². The van der Waals surface area contributed by atoms with Gasteiger partial charge in [-0.25, -0.2) is 0 Å². The number of fused-ring (bicyclic) bond motifs is 6. The molecule has 0 fully saturated rings. The van der Waals surface area contributed by atoms with Gasteiger partial charge in [0.05, 0.1) is 0 Å². The van der Waals surface area contributed by atoms with Gasteiger partial charge < -0.3 is 9.32 Å². The van der Waals surface area contributed by atoms with E-state index in [0.717, 1.165) is 82.0 Å². The molecule has 0 bridgehead atoms. The predicted octanol–water partition coefficient (Wildman–Crippen LogP) is 18.6. The Labute approximate surface area is 398 Å². The van der Waals surface area contributed by atoms with Gasteiger partial charge >= 0.3 is 0 Å². The zero-order valence-corrected chi connectivity index (χ0v) is 40.5. The van der Waals surface area contributed by atoms with Crippen LogP contribution in [0.2, 0.25) is 0 Å². The summed E-state index contributed by atoms with van der Waals surface area (Å²) in [4.78, 5) is 3.47. The Morgan fingerprint density at radius 2 is 1.29 bits per heavy atom. The molecular formula is C63H61NOS. The molecule has 1 aromatic heterocycles. The van der Waals surface area contributed by atoms with Crippen molar-refractivity contribution in [3.8, 4) is 44.5 Å². The van der Waals surface area contributed by atoms with Gasteiger partial charge in [-0.15, -0.1) is 12.6 Å². The van der Waals surface area contributed by atoms with Crippen LogP contribution in [0, 0.1) is 6.92 Å². The van der Waals surface area contributed by atoms with E-state index >= 15 is 0 Å². The Balaban J connectivity index is 0.00000133. The lowest BCUT2D eigenvalue weighted by Gasteiger charge is -2.31. The molecule has 3 heteroatoms. The molecule has 0 atom stereocenters. The van der Waals surface area contributed by atoms with Crippen molar-refractivity contribution in [2.24, 2.45) is 0 Å². The molecule has 0 spiro atoms. The van der Waals surface area contributed by atoms with Gasteiger partial charge in [0.25, 0.3) is 0 Å². The maximum absolute atomic E-state index is 6.52. The molecule has 2 nitrogen and oxygen atoms in total. The van der Waals surface area contributed by atoms with Crippen molar-refractivity contribution in [2.75, 3.05) is 4.90 Å². The second kappa shape index (κ2) is 19.5. The normalized spacial score (nSPS) is 13.4. The highest BCUT2D eigenvalue weighted by Gasteiger charge is 2.25. The number of thiol groups is 1. The number of allylic oxidation sites excluding steroid dienone is 5. The van der Waals surface area contributed by atoms with Crippen molar-refractivity contribution >= 4 is 46.6 Å². The van der Waals surface area contributed by atoms with Crippen molar-refractivity contribution in [3.63, 3.8) is 0 Å². The van der Waals surface area contributed by atoms with Gasteiger partial charge in [-0.2, -0.15) is 0 Å². The van der Waals surface area contributed by atoms with E-state index < -0.39 is 0 Å². The number of hydrogen-bond acceptors (Lipinski definition) is 3. The van der Waals surface area contributed by atoms with E-state index in [4.69, 9.17) is 17.0 Å². The third-order valence-electron chi connectivity index (χ3n) is 13.4. The average molecular weight is 880 g/mol. The first kappa shape index (κ1) is 44.6. The van der Waals surface area contributed by atoms with Gasteiger partial charge in [-0.1, -0.05) is 175 Å². The van der Waals surface area contributed by atoms with Gasteiger partial charge in [-0.05, 0) is 154 Å². The third-order valence-corrected chi connectivity index (χ3v) is 13.8. The van der Waals surface area contributed by atoms with Gasteiger partial charge in [0.15, 0.2) is 0 Å². The van der Waals surface area contributed by atoms with Crippen LogP contribution in [0.5, 0.6) is 0 Å². The molecule has 8 aromatic rings. The zero-order valence-electron chi connectivity index (χ0n) is 39.6. The van der Waals surface area contributed by atoms with Crippen molar-refractivity contribution < 1.29 is 4.42 Å². The van der Waals surface area contributed by atoms with Crippen LogP contribution in [-0.4, -0.2) is 0 Å². The highest BCUT2D eigenvalue weighted by molar-refractivity contribution is 7.80. The number of benzene rings is 7. The Morgan fingerprint density at radius 3 is 2.08 bits per heavy atom. The molecule has 0 saturated heterocycles. The molecule has 3 aliphatic carbocycles. The minimum Gasteiger partial charge on any atom is -0.456 e. The molecule has 3 aliphatic rings. The molecule has 0 unspecified atom stereocenters. The molecule has 66 heavy (non-hydrogen) atoms. The summed E-state index contributed by atoms with van der Waals surface area (Å²) in [5.74, 6) is 1.40. The Hall–Kier alpha value is -6.55. The van der Waals surface area contributed by atoms with Gasteiger partial charge in [0.1, 0.15) is 11.3 Å². The van der Waals surface area contributed by atoms with Crippen molar-refractivity contribution in [3.05, 3.63) is 209 Å². The molecular weight excluding hydrogens is 819 g/mol. The van der Waals surface area contributed by atoms with E-state index in [1.54, 1.807) is 0 Å². The largest absolute Gasteiger partial charge is 0.456 e. The summed E-state index contributed by atoms with van der Waals surface area (Å²) in [6.07, 6.45) is 14.0. The average Bonchev–Trinajstić information content (AvgIpc) is 3.95. The highest BCUT2D eigenvalue weighted by Crippen LogP contribution is 2.46. The highest BCUT2D eigenvalue weighted by atomic mass is 32.1. The topological polar surface area (TPSA) is 16.4 Å². The first-order valence-electron chi connectivity index (χ1n) is 24.2. The molecule has 0 aliphatic heterocycles. The standard InChI is InChI=1S/C59H49NOS.2C2H6/c1-37(2)46-16-6-7-19-53(46)57-38(3)25-34-50(59(57)62)41-14-10-15-45(35-41)60(43-30-26-39(27-31-43)47-20-11-22-51-48-17-5-4-13-42(48)36-55(47)51)44-32-28-40(29-33-44)49-21-12-23-54-52-18-8-9-24-56(52)61-58(49)54;2*1-2/h4-7,9-17,19-26,28-30,32-35,37,62H,8,18,27,31,36H2,1-3H3;2*1-2H3. The van der Waals surface area contributed by atoms with Crippen molar-refractivity contribution in [2.45, 2.75) is 91.4 Å². The van der Waals surface area contributed by atoms with Crippen molar-refractivity contribution in [1.82, 2.24) is 0 Å². The summed E-state index contributed by atoms with van der Waals surface area (Å²) < 4.78 is 6.52. The van der Waals surface area contributed by atoms with Crippen LogP contribution in [0.3, 0.4) is 0 Å². The van der Waals surface area contributed by atoms with E-state index in [9.17, 15) is 0 Å². The van der Waals surface area contributed by atoms with Gasteiger partial charge in [0, 0.05) is 38.5 Å².